The lowest BCUT2D eigenvalue weighted by atomic mass is 10.0. The summed E-state index contributed by atoms with van der Waals surface area (Å²) in [6, 6.07) is -0.0277. The number of anilines is 1. The van der Waals surface area contributed by atoms with E-state index < -0.39 is 0 Å². The lowest BCUT2D eigenvalue weighted by Crippen LogP contribution is -2.33. The Hall–Kier alpha value is -2.35. The van der Waals surface area contributed by atoms with Crippen LogP contribution in [0.2, 0.25) is 0 Å². The van der Waals surface area contributed by atoms with Gasteiger partial charge >= 0.3 is 0 Å². The molecular formula is C14H21N7O. The zero-order valence-electron chi connectivity index (χ0n) is 13.0. The minimum Gasteiger partial charge on any atom is -0.308 e. The predicted octanol–water partition coefficient (Wildman–Crippen LogP) is 0.921. The third kappa shape index (κ3) is 4.59. The van der Waals surface area contributed by atoms with E-state index in [1.54, 1.807) is 10.9 Å². The van der Waals surface area contributed by atoms with Crippen molar-refractivity contribution in [2.45, 2.75) is 26.3 Å². The van der Waals surface area contributed by atoms with E-state index in [0.717, 1.165) is 12.2 Å². The standard InChI is InChI=1S/C14H21N7O/c1-10(2)6-11(14-18-9-19-21(14)3)17-8-13(22)20-12-7-15-4-5-16-12/h4-5,7,9-11,17H,6,8H2,1-3H3,(H,16,20,22)/t11-/m0/s1. The summed E-state index contributed by atoms with van der Waals surface area (Å²) in [5.41, 5.74) is 0. The van der Waals surface area contributed by atoms with Crippen LogP contribution in [0, 0.1) is 5.92 Å². The van der Waals surface area contributed by atoms with Gasteiger partial charge in [0.15, 0.2) is 5.82 Å². The molecule has 2 aromatic rings. The molecule has 0 aliphatic carbocycles. The Labute approximate surface area is 129 Å². The van der Waals surface area contributed by atoms with E-state index in [9.17, 15) is 4.79 Å². The highest BCUT2D eigenvalue weighted by Gasteiger charge is 2.18. The number of nitrogens with zero attached hydrogens (tertiary/aromatic N) is 5. The molecule has 0 aliphatic rings. The smallest absolute Gasteiger partial charge is 0.239 e. The summed E-state index contributed by atoms with van der Waals surface area (Å²) in [6.45, 7) is 4.43. The molecule has 2 heterocycles. The molecule has 0 unspecified atom stereocenters. The van der Waals surface area contributed by atoms with Gasteiger partial charge in [0.05, 0.1) is 18.8 Å². The normalized spacial score (nSPS) is 12.4. The van der Waals surface area contributed by atoms with Crippen LogP contribution in [0.3, 0.4) is 0 Å². The van der Waals surface area contributed by atoms with Crippen molar-refractivity contribution < 1.29 is 4.79 Å². The minimum atomic E-state index is -0.170. The van der Waals surface area contributed by atoms with Crippen LogP contribution in [0.5, 0.6) is 0 Å². The van der Waals surface area contributed by atoms with Gasteiger partial charge in [0, 0.05) is 19.4 Å². The Morgan fingerprint density at radius 2 is 2.14 bits per heavy atom. The first-order valence-electron chi connectivity index (χ1n) is 7.19. The molecule has 2 rings (SSSR count). The van der Waals surface area contributed by atoms with Gasteiger partial charge in [0.25, 0.3) is 0 Å². The first-order chi connectivity index (χ1) is 10.6. The van der Waals surface area contributed by atoms with E-state index in [-0.39, 0.29) is 18.5 Å². The van der Waals surface area contributed by atoms with Crippen LogP contribution in [0.25, 0.3) is 0 Å². The molecule has 8 heteroatoms. The van der Waals surface area contributed by atoms with Crippen LogP contribution in [0.1, 0.15) is 32.1 Å². The van der Waals surface area contributed by atoms with Crippen LogP contribution in [-0.4, -0.2) is 37.2 Å². The second-order valence-electron chi connectivity index (χ2n) is 5.44. The van der Waals surface area contributed by atoms with Crippen molar-refractivity contribution in [3.8, 4) is 0 Å². The third-order valence-corrected chi connectivity index (χ3v) is 3.10. The highest BCUT2D eigenvalue weighted by atomic mass is 16.2. The van der Waals surface area contributed by atoms with Gasteiger partial charge in [-0.3, -0.25) is 19.8 Å². The van der Waals surface area contributed by atoms with Crippen molar-refractivity contribution in [2.24, 2.45) is 13.0 Å². The second kappa shape index (κ2) is 7.60. The monoisotopic (exact) mass is 303 g/mol. The lowest BCUT2D eigenvalue weighted by molar-refractivity contribution is -0.115. The number of aryl methyl sites for hydroxylation is 1. The van der Waals surface area contributed by atoms with Crippen molar-refractivity contribution in [3.63, 3.8) is 0 Å². The number of hydrogen-bond acceptors (Lipinski definition) is 6. The predicted molar refractivity (Wildman–Crippen MR) is 81.9 cm³/mol. The van der Waals surface area contributed by atoms with Crippen molar-refractivity contribution in [1.82, 2.24) is 30.0 Å². The van der Waals surface area contributed by atoms with Gasteiger partial charge in [0.2, 0.25) is 5.91 Å². The maximum atomic E-state index is 12.0. The van der Waals surface area contributed by atoms with Crippen LogP contribution in [-0.2, 0) is 11.8 Å². The molecule has 0 aromatic carbocycles. The summed E-state index contributed by atoms with van der Waals surface area (Å²) < 4.78 is 1.72. The molecule has 0 fully saturated rings. The van der Waals surface area contributed by atoms with Crippen LogP contribution in [0.15, 0.2) is 24.9 Å². The zero-order chi connectivity index (χ0) is 15.9. The Morgan fingerprint density at radius 1 is 1.32 bits per heavy atom. The number of hydrogen-bond donors (Lipinski definition) is 2. The molecule has 0 saturated heterocycles. The van der Waals surface area contributed by atoms with Crippen molar-refractivity contribution in [2.75, 3.05) is 11.9 Å². The molecule has 2 N–H and O–H groups in total. The first kappa shape index (κ1) is 16.0. The summed E-state index contributed by atoms with van der Waals surface area (Å²) >= 11 is 0. The van der Waals surface area contributed by atoms with Gasteiger partial charge in [-0.2, -0.15) is 5.10 Å². The number of nitrogens with one attached hydrogen (secondary N) is 2. The molecule has 2 aromatic heterocycles. The fraction of sp³-hybridized carbons (Fsp3) is 0.500. The Morgan fingerprint density at radius 3 is 2.73 bits per heavy atom. The highest BCUT2D eigenvalue weighted by Crippen LogP contribution is 2.18. The Bertz CT molecular complexity index is 596. The second-order valence-corrected chi connectivity index (χ2v) is 5.44. The largest absolute Gasteiger partial charge is 0.308 e. The van der Waals surface area contributed by atoms with Crippen molar-refractivity contribution in [3.05, 3.63) is 30.7 Å². The third-order valence-electron chi connectivity index (χ3n) is 3.10. The molecule has 0 bridgehead atoms. The Kier molecular flexibility index (Phi) is 5.54. The van der Waals surface area contributed by atoms with E-state index >= 15 is 0 Å². The fourth-order valence-corrected chi connectivity index (χ4v) is 2.14. The first-order valence-corrected chi connectivity index (χ1v) is 7.19. The van der Waals surface area contributed by atoms with Crippen molar-refractivity contribution in [1.29, 1.82) is 0 Å². The quantitative estimate of drug-likeness (QED) is 0.789. The molecule has 0 spiro atoms. The average molecular weight is 303 g/mol. The summed E-state index contributed by atoms with van der Waals surface area (Å²) in [5.74, 6) is 1.56. The topological polar surface area (TPSA) is 97.6 Å². The van der Waals surface area contributed by atoms with Gasteiger partial charge in [-0.25, -0.2) is 9.97 Å². The number of aromatic nitrogens is 5. The van der Waals surface area contributed by atoms with Gasteiger partial charge in [-0.15, -0.1) is 0 Å². The molecule has 1 atom stereocenters. The number of carbonyl (C=O) groups excluding carboxylic acids is 1. The van der Waals surface area contributed by atoms with E-state index in [1.165, 1.54) is 18.7 Å². The average Bonchev–Trinajstić information content (AvgIpc) is 2.90. The molecular weight excluding hydrogens is 282 g/mol. The van der Waals surface area contributed by atoms with Crippen LogP contribution >= 0.6 is 0 Å². The molecule has 1 amide bonds. The molecule has 8 nitrogen and oxygen atoms in total. The SMILES string of the molecule is CC(C)C[C@H](NCC(=O)Nc1cnccn1)c1ncnn1C. The zero-order valence-corrected chi connectivity index (χ0v) is 13.0. The van der Waals surface area contributed by atoms with E-state index in [4.69, 9.17) is 0 Å². The maximum Gasteiger partial charge on any atom is 0.239 e. The molecule has 0 saturated carbocycles. The van der Waals surface area contributed by atoms with E-state index in [0.29, 0.717) is 11.7 Å². The van der Waals surface area contributed by atoms with Gasteiger partial charge < -0.3 is 5.32 Å². The summed E-state index contributed by atoms with van der Waals surface area (Å²) in [4.78, 5) is 24.2. The van der Waals surface area contributed by atoms with Gasteiger partial charge in [-0.05, 0) is 12.3 Å². The molecule has 22 heavy (non-hydrogen) atoms. The molecule has 0 aliphatic heterocycles. The van der Waals surface area contributed by atoms with Gasteiger partial charge in [-0.1, -0.05) is 13.8 Å². The van der Waals surface area contributed by atoms with E-state index in [1.807, 2.05) is 7.05 Å². The van der Waals surface area contributed by atoms with E-state index in [2.05, 4.69) is 44.5 Å². The highest BCUT2D eigenvalue weighted by molar-refractivity contribution is 5.91. The fourth-order valence-electron chi connectivity index (χ4n) is 2.14. The summed E-state index contributed by atoms with van der Waals surface area (Å²) in [5, 5.41) is 10.0. The molecule has 0 radical (unpaired) electrons. The van der Waals surface area contributed by atoms with Crippen molar-refractivity contribution >= 4 is 11.7 Å². The van der Waals surface area contributed by atoms with Crippen LogP contribution < -0.4 is 10.6 Å². The molecule has 118 valence electrons. The number of rotatable bonds is 7. The Balaban J connectivity index is 1.93. The minimum absolute atomic E-state index is 0.0277. The summed E-state index contributed by atoms with van der Waals surface area (Å²) in [7, 11) is 1.84. The number of carbonyl (C=O) groups is 1. The summed E-state index contributed by atoms with van der Waals surface area (Å²) in [6.07, 6.45) is 6.98. The number of amides is 1. The maximum absolute atomic E-state index is 12.0. The lowest BCUT2D eigenvalue weighted by Gasteiger charge is -2.19. The van der Waals surface area contributed by atoms with Crippen LogP contribution in [0.4, 0.5) is 5.82 Å². The van der Waals surface area contributed by atoms with Gasteiger partial charge in [0.1, 0.15) is 12.2 Å².